The van der Waals surface area contributed by atoms with Gasteiger partial charge in [-0.15, -0.1) is 12.4 Å². The van der Waals surface area contributed by atoms with Crippen molar-refractivity contribution in [2.24, 2.45) is 0 Å². The molecular formula is C6H8ClN3. The Morgan fingerprint density at radius 2 is 2.50 bits per heavy atom. The van der Waals surface area contributed by atoms with Crippen molar-refractivity contribution < 1.29 is 0 Å². The standard InChI is InChI=1S/C6H7N3.ClH/c7-3-1-2-6-4-8-9-5-6;/h4-5H,1-2H2,(H,8,9);1H. The van der Waals surface area contributed by atoms with Crippen LogP contribution >= 0.6 is 12.4 Å². The fourth-order valence-electron chi connectivity index (χ4n) is 0.615. The highest BCUT2D eigenvalue weighted by atomic mass is 35.5. The summed E-state index contributed by atoms with van der Waals surface area (Å²) in [6, 6.07) is 2.06. The highest BCUT2D eigenvalue weighted by molar-refractivity contribution is 5.85. The summed E-state index contributed by atoms with van der Waals surface area (Å²) >= 11 is 0. The maximum Gasteiger partial charge on any atom is 0.0625 e. The first-order valence-corrected chi connectivity index (χ1v) is 2.78. The molecule has 1 aromatic rings. The topological polar surface area (TPSA) is 52.5 Å². The van der Waals surface area contributed by atoms with Crippen LogP contribution in [0.4, 0.5) is 0 Å². The predicted molar refractivity (Wildman–Crippen MR) is 39.8 cm³/mol. The Hall–Kier alpha value is -1.01. The van der Waals surface area contributed by atoms with E-state index in [-0.39, 0.29) is 12.4 Å². The summed E-state index contributed by atoms with van der Waals surface area (Å²) in [5, 5.41) is 14.6. The third kappa shape index (κ3) is 2.51. The first kappa shape index (κ1) is 8.99. The first-order chi connectivity index (χ1) is 4.43. The normalized spacial score (nSPS) is 7.90. The Morgan fingerprint density at radius 1 is 1.70 bits per heavy atom. The van der Waals surface area contributed by atoms with Crippen LogP contribution in [0.15, 0.2) is 12.4 Å². The van der Waals surface area contributed by atoms with Gasteiger partial charge in [-0.1, -0.05) is 0 Å². The molecule has 0 amide bonds. The Labute approximate surface area is 65.5 Å². The maximum absolute atomic E-state index is 8.18. The lowest BCUT2D eigenvalue weighted by atomic mass is 10.2. The van der Waals surface area contributed by atoms with E-state index in [1.165, 1.54) is 0 Å². The van der Waals surface area contributed by atoms with Gasteiger partial charge in [0.2, 0.25) is 0 Å². The predicted octanol–water partition coefficient (Wildman–Crippen LogP) is 1.29. The average molecular weight is 158 g/mol. The van der Waals surface area contributed by atoms with Crippen molar-refractivity contribution in [1.82, 2.24) is 10.2 Å². The maximum atomic E-state index is 8.18. The SMILES string of the molecule is Cl.N#CCCc1cn[nH]c1. The molecule has 1 N–H and O–H groups in total. The molecule has 1 aromatic heterocycles. The van der Waals surface area contributed by atoms with Crippen molar-refractivity contribution in [2.45, 2.75) is 12.8 Å². The van der Waals surface area contributed by atoms with Crippen LogP contribution in [0.2, 0.25) is 0 Å². The zero-order chi connectivity index (χ0) is 6.53. The largest absolute Gasteiger partial charge is 0.285 e. The van der Waals surface area contributed by atoms with Crippen molar-refractivity contribution in [3.63, 3.8) is 0 Å². The molecule has 0 unspecified atom stereocenters. The lowest BCUT2D eigenvalue weighted by molar-refractivity contribution is 1.01. The van der Waals surface area contributed by atoms with Crippen LogP contribution in [0.3, 0.4) is 0 Å². The quantitative estimate of drug-likeness (QED) is 0.704. The van der Waals surface area contributed by atoms with Gasteiger partial charge in [0.25, 0.3) is 0 Å². The number of H-pyrrole nitrogens is 1. The molecule has 4 heteroatoms. The molecule has 0 radical (unpaired) electrons. The van der Waals surface area contributed by atoms with Gasteiger partial charge in [0.05, 0.1) is 12.3 Å². The molecular weight excluding hydrogens is 150 g/mol. The van der Waals surface area contributed by atoms with Crippen LogP contribution in [0, 0.1) is 11.3 Å². The average Bonchev–Trinajstić information content (AvgIpc) is 2.34. The van der Waals surface area contributed by atoms with Crippen molar-refractivity contribution >= 4 is 12.4 Å². The second-order valence-electron chi connectivity index (χ2n) is 1.76. The number of rotatable bonds is 2. The van der Waals surface area contributed by atoms with E-state index < -0.39 is 0 Å². The lowest BCUT2D eigenvalue weighted by Crippen LogP contribution is -1.76. The van der Waals surface area contributed by atoms with Gasteiger partial charge < -0.3 is 0 Å². The molecule has 0 fully saturated rings. The number of halogens is 1. The minimum atomic E-state index is 0. The van der Waals surface area contributed by atoms with Crippen LogP contribution < -0.4 is 0 Å². The lowest BCUT2D eigenvalue weighted by Gasteiger charge is -1.82. The molecule has 0 saturated heterocycles. The van der Waals surface area contributed by atoms with Crippen LogP contribution in [-0.2, 0) is 6.42 Å². The van der Waals surface area contributed by atoms with Crippen molar-refractivity contribution in [1.29, 1.82) is 5.26 Å². The highest BCUT2D eigenvalue weighted by Gasteiger charge is 1.89. The van der Waals surface area contributed by atoms with Gasteiger partial charge in [0, 0.05) is 12.6 Å². The number of aromatic amines is 1. The van der Waals surface area contributed by atoms with Gasteiger partial charge in [0.1, 0.15) is 0 Å². The number of hydrogen-bond donors (Lipinski definition) is 1. The summed E-state index contributed by atoms with van der Waals surface area (Å²) in [6.45, 7) is 0. The van der Waals surface area contributed by atoms with Crippen molar-refractivity contribution in [3.8, 4) is 6.07 Å². The van der Waals surface area contributed by atoms with Crippen LogP contribution in [0.1, 0.15) is 12.0 Å². The summed E-state index contributed by atoms with van der Waals surface area (Å²) in [6.07, 6.45) is 4.90. The molecule has 0 saturated carbocycles. The van der Waals surface area contributed by atoms with E-state index in [0.717, 1.165) is 12.0 Å². The van der Waals surface area contributed by atoms with Crippen molar-refractivity contribution in [3.05, 3.63) is 18.0 Å². The zero-order valence-corrected chi connectivity index (χ0v) is 6.19. The summed E-state index contributed by atoms with van der Waals surface area (Å²) in [5.74, 6) is 0. The fraction of sp³-hybridized carbons (Fsp3) is 0.333. The monoisotopic (exact) mass is 157 g/mol. The summed E-state index contributed by atoms with van der Waals surface area (Å²) in [7, 11) is 0. The van der Waals surface area contributed by atoms with E-state index in [1.54, 1.807) is 12.4 Å². The van der Waals surface area contributed by atoms with E-state index in [2.05, 4.69) is 16.3 Å². The van der Waals surface area contributed by atoms with Gasteiger partial charge in [-0.2, -0.15) is 10.4 Å². The van der Waals surface area contributed by atoms with E-state index in [9.17, 15) is 0 Å². The Bertz CT molecular complexity index is 199. The Kier molecular flexibility index (Phi) is 4.34. The Balaban J connectivity index is 0.000000810. The first-order valence-electron chi connectivity index (χ1n) is 2.78. The molecule has 0 spiro atoms. The van der Waals surface area contributed by atoms with Crippen LogP contribution in [-0.4, -0.2) is 10.2 Å². The smallest absolute Gasteiger partial charge is 0.0625 e. The second kappa shape index (κ2) is 4.83. The van der Waals surface area contributed by atoms with Crippen LogP contribution in [0.5, 0.6) is 0 Å². The molecule has 10 heavy (non-hydrogen) atoms. The van der Waals surface area contributed by atoms with Gasteiger partial charge >= 0.3 is 0 Å². The molecule has 0 aliphatic heterocycles. The summed E-state index contributed by atoms with van der Waals surface area (Å²) < 4.78 is 0. The van der Waals surface area contributed by atoms with Gasteiger partial charge in [-0.3, -0.25) is 5.10 Å². The third-order valence-electron chi connectivity index (χ3n) is 1.08. The number of nitriles is 1. The molecule has 0 bridgehead atoms. The van der Waals surface area contributed by atoms with E-state index in [4.69, 9.17) is 5.26 Å². The third-order valence-corrected chi connectivity index (χ3v) is 1.08. The van der Waals surface area contributed by atoms with Gasteiger partial charge in [0.15, 0.2) is 0 Å². The van der Waals surface area contributed by atoms with E-state index in [0.29, 0.717) is 6.42 Å². The van der Waals surface area contributed by atoms with E-state index in [1.807, 2.05) is 0 Å². The minimum Gasteiger partial charge on any atom is -0.285 e. The highest BCUT2D eigenvalue weighted by Crippen LogP contribution is 1.96. The zero-order valence-electron chi connectivity index (χ0n) is 5.37. The number of hydrogen-bond acceptors (Lipinski definition) is 2. The second-order valence-corrected chi connectivity index (χ2v) is 1.76. The molecule has 1 rings (SSSR count). The molecule has 0 aromatic carbocycles. The van der Waals surface area contributed by atoms with Gasteiger partial charge in [-0.25, -0.2) is 0 Å². The number of nitrogens with zero attached hydrogens (tertiary/aromatic N) is 2. The number of nitrogens with one attached hydrogen (secondary N) is 1. The van der Waals surface area contributed by atoms with Crippen LogP contribution in [0.25, 0.3) is 0 Å². The molecule has 0 atom stereocenters. The molecule has 0 aliphatic rings. The summed E-state index contributed by atoms with van der Waals surface area (Å²) in [5.41, 5.74) is 1.09. The van der Waals surface area contributed by atoms with Gasteiger partial charge in [-0.05, 0) is 12.0 Å². The summed E-state index contributed by atoms with van der Waals surface area (Å²) in [4.78, 5) is 0. The van der Waals surface area contributed by atoms with E-state index >= 15 is 0 Å². The minimum absolute atomic E-state index is 0. The number of aromatic nitrogens is 2. The molecule has 1 heterocycles. The fourth-order valence-corrected chi connectivity index (χ4v) is 0.615. The Morgan fingerprint density at radius 3 is 3.00 bits per heavy atom. The molecule has 0 aliphatic carbocycles. The number of aryl methyl sites for hydroxylation is 1. The van der Waals surface area contributed by atoms with Crippen molar-refractivity contribution in [2.75, 3.05) is 0 Å². The molecule has 54 valence electrons. The molecule has 3 nitrogen and oxygen atoms in total.